The first-order chi connectivity index (χ1) is 8.91. The van der Waals surface area contributed by atoms with Gasteiger partial charge in [0, 0.05) is 11.5 Å². The number of carbonyl (C=O) groups is 1. The zero-order chi connectivity index (χ0) is 13.8. The Morgan fingerprint density at radius 1 is 1.37 bits per heavy atom. The minimum absolute atomic E-state index is 0.0232. The summed E-state index contributed by atoms with van der Waals surface area (Å²) >= 11 is 0. The SMILES string of the molecule is Cc1ccc2c(c1)C(F)(F)C1C=CC(C(=O)O)=CC21. The van der Waals surface area contributed by atoms with Gasteiger partial charge in [-0.2, -0.15) is 0 Å². The first-order valence-electron chi connectivity index (χ1n) is 6.03. The first-order valence-corrected chi connectivity index (χ1v) is 6.03. The molecule has 0 bridgehead atoms. The summed E-state index contributed by atoms with van der Waals surface area (Å²) in [5.74, 6) is -5.56. The largest absolute Gasteiger partial charge is 0.478 e. The zero-order valence-electron chi connectivity index (χ0n) is 10.2. The number of carboxylic acids is 1. The van der Waals surface area contributed by atoms with Gasteiger partial charge in [0.2, 0.25) is 0 Å². The van der Waals surface area contributed by atoms with Crippen molar-refractivity contribution in [2.24, 2.45) is 5.92 Å². The van der Waals surface area contributed by atoms with Crippen molar-refractivity contribution in [2.45, 2.75) is 18.8 Å². The Balaban J connectivity index is 2.17. The number of aliphatic carboxylic acids is 1. The Bertz CT molecular complexity index is 629. The number of benzene rings is 1. The van der Waals surface area contributed by atoms with E-state index in [9.17, 15) is 13.6 Å². The lowest BCUT2D eigenvalue weighted by Gasteiger charge is -2.23. The molecule has 2 aliphatic rings. The molecule has 1 aromatic rings. The van der Waals surface area contributed by atoms with Crippen LogP contribution in [0.15, 0.2) is 42.0 Å². The summed E-state index contributed by atoms with van der Waals surface area (Å²) in [5.41, 5.74) is 1.41. The minimum atomic E-state index is -2.94. The fourth-order valence-electron chi connectivity index (χ4n) is 2.88. The van der Waals surface area contributed by atoms with E-state index in [4.69, 9.17) is 5.11 Å². The van der Waals surface area contributed by atoms with Crippen LogP contribution in [0.25, 0.3) is 0 Å². The summed E-state index contributed by atoms with van der Waals surface area (Å²) in [6.07, 6.45) is 4.03. The van der Waals surface area contributed by atoms with Gasteiger partial charge in [-0.3, -0.25) is 0 Å². The molecule has 0 saturated heterocycles. The molecule has 98 valence electrons. The zero-order valence-corrected chi connectivity index (χ0v) is 10.2. The van der Waals surface area contributed by atoms with Crippen molar-refractivity contribution in [1.82, 2.24) is 0 Å². The number of hydrogen-bond donors (Lipinski definition) is 1. The first kappa shape index (κ1) is 12.1. The molecular formula is C15H12F2O2. The number of alkyl halides is 2. The van der Waals surface area contributed by atoms with Crippen LogP contribution in [-0.2, 0) is 10.7 Å². The quantitative estimate of drug-likeness (QED) is 0.842. The van der Waals surface area contributed by atoms with Crippen LogP contribution in [0.4, 0.5) is 8.78 Å². The highest BCUT2D eigenvalue weighted by Crippen LogP contribution is 2.55. The maximum atomic E-state index is 14.4. The summed E-state index contributed by atoms with van der Waals surface area (Å²) < 4.78 is 28.7. The summed E-state index contributed by atoms with van der Waals surface area (Å²) in [4.78, 5) is 11.0. The molecular weight excluding hydrogens is 250 g/mol. The number of hydrogen-bond acceptors (Lipinski definition) is 1. The fraction of sp³-hybridized carbons (Fsp3) is 0.267. The predicted octanol–water partition coefficient (Wildman–Crippen LogP) is 3.38. The van der Waals surface area contributed by atoms with Gasteiger partial charge in [-0.05, 0) is 18.6 Å². The number of carboxylic acid groups (broad SMARTS) is 1. The standard InChI is InChI=1S/C15H12F2O2/c1-8-2-4-10-11-7-9(14(18)19)3-5-12(11)15(16,17)13(10)6-8/h2-7,11-12H,1H3,(H,18,19). The Labute approximate surface area is 109 Å². The second kappa shape index (κ2) is 3.76. The summed E-state index contributed by atoms with van der Waals surface area (Å²) in [6, 6.07) is 4.96. The minimum Gasteiger partial charge on any atom is -0.478 e. The van der Waals surface area contributed by atoms with Crippen LogP contribution in [0, 0.1) is 12.8 Å². The summed E-state index contributed by atoms with van der Waals surface area (Å²) in [5, 5.41) is 8.97. The monoisotopic (exact) mass is 262 g/mol. The van der Waals surface area contributed by atoms with Gasteiger partial charge in [0.05, 0.1) is 11.5 Å². The molecule has 1 N–H and O–H groups in total. The molecule has 19 heavy (non-hydrogen) atoms. The van der Waals surface area contributed by atoms with Crippen LogP contribution in [0.1, 0.15) is 22.6 Å². The van der Waals surface area contributed by atoms with Crippen LogP contribution in [0.3, 0.4) is 0 Å². The van der Waals surface area contributed by atoms with Crippen molar-refractivity contribution in [2.75, 3.05) is 0 Å². The molecule has 0 fully saturated rings. The average Bonchev–Trinajstić information content (AvgIpc) is 2.58. The Kier molecular flexibility index (Phi) is 2.39. The van der Waals surface area contributed by atoms with Gasteiger partial charge >= 0.3 is 5.97 Å². The maximum Gasteiger partial charge on any atom is 0.335 e. The van der Waals surface area contributed by atoms with E-state index in [-0.39, 0.29) is 11.1 Å². The predicted molar refractivity (Wildman–Crippen MR) is 66.2 cm³/mol. The molecule has 0 spiro atoms. The van der Waals surface area contributed by atoms with E-state index < -0.39 is 23.7 Å². The Hall–Kier alpha value is -1.97. The van der Waals surface area contributed by atoms with E-state index in [1.54, 1.807) is 19.1 Å². The topological polar surface area (TPSA) is 37.3 Å². The lowest BCUT2D eigenvalue weighted by atomic mass is 9.85. The number of fused-ring (bicyclic) bond motifs is 3. The van der Waals surface area contributed by atoms with Crippen LogP contribution in [-0.4, -0.2) is 11.1 Å². The highest BCUT2D eigenvalue weighted by molar-refractivity contribution is 5.90. The molecule has 2 atom stereocenters. The molecule has 4 heteroatoms. The van der Waals surface area contributed by atoms with E-state index >= 15 is 0 Å². The van der Waals surface area contributed by atoms with E-state index in [1.165, 1.54) is 24.3 Å². The number of halogens is 2. The number of rotatable bonds is 1. The number of allylic oxidation sites excluding steroid dienone is 2. The summed E-state index contributed by atoms with van der Waals surface area (Å²) in [6.45, 7) is 1.77. The van der Waals surface area contributed by atoms with Gasteiger partial charge in [0.15, 0.2) is 0 Å². The molecule has 0 aliphatic heterocycles. The third-order valence-electron chi connectivity index (χ3n) is 3.82. The normalized spacial score (nSPS) is 26.6. The van der Waals surface area contributed by atoms with Gasteiger partial charge < -0.3 is 5.11 Å². The van der Waals surface area contributed by atoms with E-state index in [0.717, 1.165) is 5.56 Å². The number of aryl methyl sites for hydroxylation is 1. The molecule has 0 saturated carbocycles. The molecule has 0 heterocycles. The molecule has 3 rings (SSSR count). The second-order valence-electron chi connectivity index (χ2n) is 5.05. The van der Waals surface area contributed by atoms with Crippen molar-refractivity contribution in [3.8, 4) is 0 Å². The van der Waals surface area contributed by atoms with Crippen molar-refractivity contribution >= 4 is 5.97 Å². The van der Waals surface area contributed by atoms with Crippen molar-refractivity contribution in [3.63, 3.8) is 0 Å². The lowest BCUT2D eigenvalue weighted by Crippen LogP contribution is -2.23. The molecule has 1 aromatic carbocycles. The highest BCUT2D eigenvalue weighted by Gasteiger charge is 2.53. The van der Waals surface area contributed by atoms with Crippen LogP contribution < -0.4 is 0 Å². The molecule has 2 nitrogen and oxygen atoms in total. The van der Waals surface area contributed by atoms with Crippen molar-refractivity contribution in [1.29, 1.82) is 0 Å². The summed E-state index contributed by atoms with van der Waals surface area (Å²) in [7, 11) is 0. The van der Waals surface area contributed by atoms with Gasteiger partial charge in [-0.25, -0.2) is 13.6 Å². The molecule has 2 aliphatic carbocycles. The molecule has 0 aromatic heterocycles. The van der Waals surface area contributed by atoms with Crippen LogP contribution in [0.2, 0.25) is 0 Å². The second-order valence-corrected chi connectivity index (χ2v) is 5.05. The smallest absolute Gasteiger partial charge is 0.335 e. The lowest BCUT2D eigenvalue weighted by molar-refractivity contribution is -0.132. The molecule has 2 unspecified atom stereocenters. The van der Waals surface area contributed by atoms with Crippen molar-refractivity contribution in [3.05, 3.63) is 58.7 Å². The maximum absolute atomic E-state index is 14.4. The Morgan fingerprint density at radius 2 is 2.11 bits per heavy atom. The van der Waals surface area contributed by atoms with Crippen LogP contribution >= 0.6 is 0 Å². The van der Waals surface area contributed by atoms with Gasteiger partial charge in [-0.1, -0.05) is 35.9 Å². The average molecular weight is 262 g/mol. The Morgan fingerprint density at radius 3 is 2.79 bits per heavy atom. The fourth-order valence-corrected chi connectivity index (χ4v) is 2.88. The van der Waals surface area contributed by atoms with Gasteiger partial charge in [0.1, 0.15) is 0 Å². The third-order valence-corrected chi connectivity index (χ3v) is 3.82. The van der Waals surface area contributed by atoms with E-state index in [2.05, 4.69) is 0 Å². The van der Waals surface area contributed by atoms with Crippen molar-refractivity contribution < 1.29 is 18.7 Å². The molecule has 0 radical (unpaired) electrons. The van der Waals surface area contributed by atoms with Crippen LogP contribution in [0.5, 0.6) is 0 Å². The van der Waals surface area contributed by atoms with E-state index in [0.29, 0.717) is 5.56 Å². The van der Waals surface area contributed by atoms with E-state index in [1.807, 2.05) is 0 Å². The third kappa shape index (κ3) is 1.63. The van der Waals surface area contributed by atoms with Gasteiger partial charge in [0.25, 0.3) is 5.92 Å². The van der Waals surface area contributed by atoms with Gasteiger partial charge in [-0.15, -0.1) is 0 Å². The highest BCUT2D eigenvalue weighted by atomic mass is 19.3. The molecule has 0 amide bonds.